The summed E-state index contributed by atoms with van der Waals surface area (Å²) in [5.41, 5.74) is 1.29. The largest absolute Gasteiger partial charge is 0.493 e. The third-order valence-corrected chi connectivity index (χ3v) is 7.07. The van der Waals surface area contributed by atoms with Crippen molar-refractivity contribution < 1.29 is 28.6 Å². The maximum Gasteiger partial charge on any atom is 0.294 e. The van der Waals surface area contributed by atoms with Crippen LogP contribution in [0.2, 0.25) is 10.0 Å². The number of carbonyl (C=O) groups excluding carboxylic acids is 3. The first-order chi connectivity index (χ1) is 16.9. The highest BCUT2D eigenvalue weighted by Crippen LogP contribution is 2.35. The van der Waals surface area contributed by atoms with Crippen LogP contribution < -0.4 is 9.47 Å². The number of amides is 3. The first kappa shape index (κ1) is 25.4. The molecule has 2 aliphatic rings. The number of benzene rings is 2. The number of hydrogen-bond donors (Lipinski definition) is 0. The minimum Gasteiger partial charge on any atom is -0.493 e. The lowest BCUT2D eigenvalue weighted by Crippen LogP contribution is -2.46. The summed E-state index contributed by atoms with van der Waals surface area (Å²) in [5.74, 6) is 0.112. The van der Waals surface area contributed by atoms with Crippen molar-refractivity contribution >= 4 is 58.1 Å². The Morgan fingerprint density at radius 1 is 1.11 bits per heavy atom. The molecule has 2 aromatic carbocycles. The van der Waals surface area contributed by atoms with Crippen LogP contribution in [0.1, 0.15) is 11.1 Å². The van der Waals surface area contributed by atoms with Gasteiger partial charge in [-0.05, 0) is 47.7 Å². The number of ether oxygens (including phenoxy) is 3. The topological polar surface area (TPSA) is 85.4 Å². The maximum atomic E-state index is 12.8. The summed E-state index contributed by atoms with van der Waals surface area (Å²) in [6, 6.07) is 10.3. The summed E-state index contributed by atoms with van der Waals surface area (Å²) >= 11 is 13.2. The van der Waals surface area contributed by atoms with E-state index in [1.54, 1.807) is 47.4 Å². The first-order valence-electron chi connectivity index (χ1n) is 10.7. The number of rotatable bonds is 7. The third kappa shape index (κ3) is 5.92. The van der Waals surface area contributed by atoms with Crippen molar-refractivity contribution in [3.05, 3.63) is 62.5 Å². The van der Waals surface area contributed by atoms with Crippen LogP contribution in [0.3, 0.4) is 0 Å². The molecule has 2 saturated heterocycles. The Kier molecular flexibility index (Phi) is 8.22. The zero-order valence-electron chi connectivity index (χ0n) is 18.8. The minimum absolute atomic E-state index is 0.143. The van der Waals surface area contributed by atoms with Gasteiger partial charge in [-0.3, -0.25) is 19.3 Å². The number of halogens is 2. The fourth-order valence-electron chi connectivity index (χ4n) is 3.55. The van der Waals surface area contributed by atoms with Gasteiger partial charge in [0.05, 0.1) is 25.2 Å². The van der Waals surface area contributed by atoms with E-state index in [0.717, 1.165) is 16.7 Å². The molecule has 0 unspecified atom stereocenters. The molecule has 2 aliphatic heterocycles. The second kappa shape index (κ2) is 11.3. The molecule has 11 heteroatoms. The van der Waals surface area contributed by atoms with E-state index < -0.39 is 11.1 Å². The molecular formula is C24H22Cl2N2O6S. The maximum absolute atomic E-state index is 12.8. The van der Waals surface area contributed by atoms with Crippen molar-refractivity contribution in [1.82, 2.24) is 9.80 Å². The number of imide groups is 1. The van der Waals surface area contributed by atoms with Gasteiger partial charge in [-0.1, -0.05) is 35.3 Å². The minimum atomic E-state index is -0.505. The summed E-state index contributed by atoms with van der Waals surface area (Å²) < 4.78 is 16.5. The average molecular weight is 537 g/mol. The van der Waals surface area contributed by atoms with E-state index in [1.807, 2.05) is 0 Å². The molecule has 0 atom stereocenters. The van der Waals surface area contributed by atoms with E-state index >= 15 is 0 Å². The fourth-order valence-corrected chi connectivity index (χ4v) is 4.89. The third-order valence-electron chi connectivity index (χ3n) is 5.45. The normalized spacial score (nSPS) is 17.3. The van der Waals surface area contributed by atoms with Gasteiger partial charge in [0, 0.05) is 28.7 Å². The number of nitrogens with zero attached hydrogens (tertiary/aromatic N) is 2. The van der Waals surface area contributed by atoms with E-state index in [2.05, 4.69) is 0 Å². The summed E-state index contributed by atoms with van der Waals surface area (Å²) in [6.45, 7) is 1.64. The lowest BCUT2D eigenvalue weighted by atomic mass is 10.1. The summed E-state index contributed by atoms with van der Waals surface area (Å²) in [6.07, 6.45) is 1.58. The van der Waals surface area contributed by atoms with Gasteiger partial charge >= 0.3 is 0 Å². The van der Waals surface area contributed by atoms with Crippen LogP contribution in [0.5, 0.6) is 11.5 Å². The second-order valence-corrected chi connectivity index (χ2v) is 9.47. The monoisotopic (exact) mass is 536 g/mol. The van der Waals surface area contributed by atoms with Crippen molar-refractivity contribution in [2.45, 2.75) is 6.61 Å². The van der Waals surface area contributed by atoms with Gasteiger partial charge < -0.3 is 19.1 Å². The van der Waals surface area contributed by atoms with E-state index in [9.17, 15) is 14.4 Å². The molecule has 0 radical (unpaired) electrons. The van der Waals surface area contributed by atoms with Crippen molar-refractivity contribution in [2.75, 3.05) is 40.0 Å². The molecule has 3 amide bonds. The quantitative estimate of drug-likeness (QED) is 0.482. The molecule has 8 nitrogen and oxygen atoms in total. The molecule has 0 spiro atoms. The van der Waals surface area contributed by atoms with Crippen LogP contribution in [0.25, 0.3) is 6.08 Å². The number of carbonyl (C=O) groups is 3. The molecular weight excluding hydrogens is 515 g/mol. The molecule has 2 heterocycles. The van der Waals surface area contributed by atoms with Crippen LogP contribution in [0.15, 0.2) is 41.3 Å². The van der Waals surface area contributed by atoms with Gasteiger partial charge in [-0.15, -0.1) is 0 Å². The van der Waals surface area contributed by atoms with Gasteiger partial charge in [-0.2, -0.15) is 0 Å². The molecule has 0 aliphatic carbocycles. The molecule has 2 fully saturated rings. The van der Waals surface area contributed by atoms with Crippen LogP contribution in [0.4, 0.5) is 4.79 Å². The van der Waals surface area contributed by atoms with Gasteiger partial charge in [-0.25, -0.2) is 0 Å². The van der Waals surface area contributed by atoms with Crippen molar-refractivity contribution in [3.8, 4) is 11.5 Å². The van der Waals surface area contributed by atoms with Crippen LogP contribution in [-0.2, 0) is 20.9 Å². The Hall–Kier alpha value is -2.72. The molecule has 0 bridgehead atoms. The van der Waals surface area contributed by atoms with E-state index in [1.165, 1.54) is 7.11 Å². The Morgan fingerprint density at radius 3 is 2.51 bits per heavy atom. The number of thioether (sulfide) groups is 1. The lowest BCUT2D eigenvalue weighted by molar-refractivity contribution is -0.139. The number of morpholine rings is 1. The second-order valence-electron chi connectivity index (χ2n) is 7.66. The molecule has 35 heavy (non-hydrogen) atoms. The standard InChI is InChI=1S/C24H22Cl2N2O6S/c1-32-20-11-15(5-6-19(20)34-14-16-17(25)3-2-4-18(16)26)12-21-23(30)28(24(31)35-21)13-22(29)27-7-9-33-10-8-27/h2-6,11-12H,7-10,13-14H2,1H3/b21-12-. The zero-order chi connectivity index (χ0) is 24.9. The summed E-state index contributed by atoms with van der Waals surface area (Å²) in [5, 5.41) is 0.512. The van der Waals surface area contributed by atoms with E-state index in [-0.39, 0.29) is 24.0 Å². The predicted octanol–water partition coefficient (Wildman–Crippen LogP) is 4.48. The van der Waals surface area contributed by atoms with Gasteiger partial charge in [0.1, 0.15) is 13.2 Å². The molecule has 0 aromatic heterocycles. The summed E-state index contributed by atoms with van der Waals surface area (Å²) in [7, 11) is 1.50. The fraction of sp³-hybridized carbons (Fsp3) is 0.292. The Balaban J connectivity index is 1.45. The highest BCUT2D eigenvalue weighted by atomic mass is 35.5. The zero-order valence-corrected chi connectivity index (χ0v) is 21.1. The highest BCUT2D eigenvalue weighted by Gasteiger charge is 2.37. The Bertz CT molecular complexity index is 1160. The van der Waals surface area contributed by atoms with Crippen LogP contribution in [-0.4, -0.2) is 66.8 Å². The van der Waals surface area contributed by atoms with E-state index in [4.69, 9.17) is 37.4 Å². The lowest BCUT2D eigenvalue weighted by Gasteiger charge is -2.28. The highest BCUT2D eigenvalue weighted by molar-refractivity contribution is 8.18. The van der Waals surface area contributed by atoms with Crippen molar-refractivity contribution in [2.24, 2.45) is 0 Å². The van der Waals surface area contributed by atoms with Crippen LogP contribution in [0, 0.1) is 0 Å². The SMILES string of the molecule is COc1cc(/C=C2\SC(=O)N(CC(=O)N3CCOCC3)C2=O)ccc1OCc1c(Cl)cccc1Cl. The van der Waals surface area contributed by atoms with Crippen LogP contribution >= 0.6 is 35.0 Å². The van der Waals surface area contributed by atoms with Gasteiger partial charge in [0.2, 0.25) is 5.91 Å². The Morgan fingerprint density at radius 2 is 1.83 bits per heavy atom. The number of hydrogen-bond acceptors (Lipinski definition) is 7. The molecule has 0 saturated carbocycles. The smallest absolute Gasteiger partial charge is 0.294 e. The summed E-state index contributed by atoms with van der Waals surface area (Å²) in [4.78, 5) is 40.5. The molecule has 0 N–H and O–H groups in total. The van der Waals surface area contributed by atoms with Gasteiger partial charge in [0.15, 0.2) is 11.5 Å². The van der Waals surface area contributed by atoms with E-state index in [0.29, 0.717) is 59.0 Å². The van der Waals surface area contributed by atoms with Crippen molar-refractivity contribution in [3.63, 3.8) is 0 Å². The molecule has 2 aromatic rings. The Labute approximate surface area is 216 Å². The first-order valence-corrected chi connectivity index (χ1v) is 12.3. The van der Waals surface area contributed by atoms with Gasteiger partial charge in [0.25, 0.3) is 11.1 Å². The molecule has 184 valence electrons. The molecule has 4 rings (SSSR count). The average Bonchev–Trinajstić information content (AvgIpc) is 3.12. The number of methoxy groups -OCH3 is 1. The predicted molar refractivity (Wildman–Crippen MR) is 134 cm³/mol. The van der Waals surface area contributed by atoms with Crippen molar-refractivity contribution in [1.29, 1.82) is 0 Å².